The van der Waals surface area contributed by atoms with E-state index in [0.29, 0.717) is 19.5 Å². The predicted molar refractivity (Wildman–Crippen MR) is 57.4 cm³/mol. The molecule has 17 heavy (non-hydrogen) atoms. The second-order valence-corrected chi connectivity index (χ2v) is 3.89. The highest BCUT2D eigenvalue weighted by molar-refractivity contribution is 5.93. The van der Waals surface area contributed by atoms with Crippen molar-refractivity contribution in [1.82, 2.24) is 9.80 Å². The molecule has 96 valence electrons. The van der Waals surface area contributed by atoms with Crippen LogP contribution in [0.5, 0.6) is 0 Å². The third-order valence-electron chi connectivity index (χ3n) is 2.40. The fraction of sp³-hybridized carbons (Fsp3) is 0.700. The van der Waals surface area contributed by atoms with Crippen LogP contribution in [0, 0.1) is 0 Å². The van der Waals surface area contributed by atoms with Crippen LogP contribution in [0.2, 0.25) is 0 Å². The highest BCUT2D eigenvalue weighted by atomic mass is 16.6. The molecular formula is C10H16N2O5. The van der Waals surface area contributed by atoms with E-state index >= 15 is 0 Å². The zero-order chi connectivity index (χ0) is 12.8. The number of carbonyl (C=O) groups is 3. The van der Waals surface area contributed by atoms with E-state index < -0.39 is 12.1 Å². The maximum Gasteiger partial charge on any atom is 0.416 e. The molecule has 0 aromatic carbocycles. The molecule has 7 nitrogen and oxygen atoms in total. The number of aliphatic carboxylic acids is 1. The molecule has 0 aromatic heterocycles. The molecule has 0 saturated carbocycles. The fourth-order valence-corrected chi connectivity index (χ4v) is 1.52. The molecule has 2 amide bonds. The van der Waals surface area contributed by atoms with Gasteiger partial charge in [-0.1, -0.05) is 0 Å². The van der Waals surface area contributed by atoms with E-state index in [2.05, 4.69) is 4.74 Å². The van der Waals surface area contributed by atoms with Crippen molar-refractivity contribution in [1.29, 1.82) is 0 Å². The molecule has 1 aliphatic rings. The van der Waals surface area contributed by atoms with Gasteiger partial charge in [0.15, 0.2) is 0 Å². The molecular weight excluding hydrogens is 228 g/mol. The minimum absolute atomic E-state index is 0.0737. The van der Waals surface area contributed by atoms with Gasteiger partial charge in [-0.15, -0.1) is 0 Å². The zero-order valence-electron chi connectivity index (χ0n) is 9.72. The Morgan fingerprint density at radius 1 is 1.53 bits per heavy atom. The zero-order valence-corrected chi connectivity index (χ0v) is 9.72. The Morgan fingerprint density at radius 2 is 2.24 bits per heavy atom. The Morgan fingerprint density at radius 3 is 2.76 bits per heavy atom. The number of amides is 2. The molecule has 1 aliphatic heterocycles. The Hall–Kier alpha value is -1.63. The normalized spacial score (nSPS) is 15.2. The van der Waals surface area contributed by atoms with Crippen LogP contribution in [0.1, 0.15) is 12.8 Å². The Bertz CT molecular complexity index is 318. The van der Waals surface area contributed by atoms with Gasteiger partial charge in [-0.25, -0.2) is 9.69 Å². The molecule has 0 atom stereocenters. The van der Waals surface area contributed by atoms with Crippen LogP contribution in [-0.4, -0.2) is 66.2 Å². The van der Waals surface area contributed by atoms with E-state index in [1.807, 2.05) is 0 Å². The minimum Gasteiger partial charge on any atom is -0.481 e. The van der Waals surface area contributed by atoms with Crippen molar-refractivity contribution in [2.45, 2.75) is 12.8 Å². The molecule has 0 radical (unpaired) electrons. The average Bonchev–Trinajstić information content (AvgIpc) is 2.63. The number of cyclic esters (lactones) is 1. The summed E-state index contributed by atoms with van der Waals surface area (Å²) in [6, 6.07) is 0. The summed E-state index contributed by atoms with van der Waals surface area (Å²) in [4.78, 5) is 35.8. The predicted octanol–water partition coefficient (Wildman–Crippen LogP) is -0.238. The van der Waals surface area contributed by atoms with E-state index in [-0.39, 0.29) is 25.5 Å². The Balaban J connectivity index is 2.25. The average molecular weight is 244 g/mol. The van der Waals surface area contributed by atoms with Gasteiger partial charge in [-0.05, 0) is 20.0 Å². The van der Waals surface area contributed by atoms with Crippen LogP contribution in [-0.2, 0) is 14.3 Å². The number of carboxylic acid groups (broad SMARTS) is 1. The van der Waals surface area contributed by atoms with Crippen LogP contribution < -0.4 is 0 Å². The van der Waals surface area contributed by atoms with Crippen molar-refractivity contribution in [3.8, 4) is 0 Å². The van der Waals surface area contributed by atoms with Crippen molar-refractivity contribution >= 4 is 18.0 Å². The molecule has 1 saturated heterocycles. The van der Waals surface area contributed by atoms with Crippen molar-refractivity contribution < 1.29 is 24.2 Å². The van der Waals surface area contributed by atoms with Gasteiger partial charge in [0.05, 0.1) is 13.1 Å². The first kappa shape index (κ1) is 13.4. The number of carbonyl (C=O) groups excluding carboxylic acids is 2. The summed E-state index contributed by atoms with van der Waals surface area (Å²) in [6.07, 6.45) is -0.0534. The highest BCUT2D eigenvalue weighted by Gasteiger charge is 2.28. The lowest BCUT2D eigenvalue weighted by Gasteiger charge is -2.18. The van der Waals surface area contributed by atoms with Crippen LogP contribution in [0.3, 0.4) is 0 Å². The van der Waals surface area contributed by atoms with Crippen molar-refractivity contribution in [3.63, 3.8) is 0 Å². The lowest BCUT2D eigenvalue weighted by molar-refractivity contribution is -0.137. The number of carboxylic acids is 1. The third kappa shape index (κ3) is 4.39. The van der Waals surface area contributed by atoms with Crippen molar-refractivity contribution in [2.24, 2.45) is 0 Å². The van der Waals surface area contributed by atoms with Crippen molar-refractivity contribution in [2.75, 3.05) is 33.3 Å². The van der Waals surface area contributed by atoms with Gasteiger partial charge >= 0.3 is 12.1 Å². The lowest BCUT2D eigenvalue weighted by atomic mass is 10.3. The fourth-order valence-electron chi connectivity index (χ4n) is 1.52. The van der Waals surface area contributed by atoms with E-state index in [1.165, 1.54) is 0 Å². The number of likely N-dealkylation sites (N-methyl/N-ethyl adjacent to an activating group) is 1. The molecule has 0 spiro atoms. The quantitative estimate of drug-likeness (QED) is 0.694. The third-order valence-corrected chi connectivity index (χ3v) is 2.40. The van der Waals surface area contributed by atoms with Gasteiger partial charge in [0.1, 0.15) is 6.61 Å². The van der Waals surface area contributed by atoms with Gasteiger partial charge in [-0.3, -0.25) is 14.5 Å². The maximum atomic E-state index is 11.6. The first-order valence-corrected chi connectivity index (χ1v) is 5.38. The van der Waals surface area contributed by atoms with Gasteiger partial charge in [-0.2, -0.15) is 0 Å². The van der Waals surface area contributed by atoms with Crippen LogP contribution in [0.15, 0.2) is 0 Å². The van der Waals surface area contributed by atoms with Gasteiger partial charge in [0.25, 0.3) is 0 Å². The van der Waals surface area contributed by atoms with Gasteiger partial charge < -0.3 is 9.84 Å². The summed E-state index contributed by atoms with van der Waals surface area (Å²) in [5.74, 6) is -1.17. The van der Waals surface area contributed by atoms with E-state index in [9.17, 15) is 14.4 Å². The molecule has 0 unspecified atom stereocenters. The lowest BCUT2D eigenvalue weighted by Crippen LogP contribution is -2.39. The number of hydrogen-bond donors (Lipinski definition) is 1. The molecule has 1 fully saturated rings. The van der Waals surface area contributed by atoms with E-state index in [4.69, 9.17) is 5.11 Å². The second-order valence-electron chi connectivity index (χ2n) is 3.89. The molecule has 1 heterocycles. The first-order chi connectivity index (χ1) is 8.00. The number of rotatable bonds is 6. The smallest absolute Gasteiger partial charge is 0.416 e. The van der Waals surface area contributed by atoms with Crippen molar-refractivity contribution in [3.05, 3.63) is 0 Å². The Labute approximate surface area is 98.9 Å². The number of hydrogen-bond acceptors (Lipinski definition) is 5. The topological polar surface area (TPSA) is 87.2 Å². The summed E-state index contributed by atoms with van der Waals surface area (Å²) in [6.45, 7) is 1.13. The second kappa shape index (κ2) is 6.19. The van der Waals surface area contributed by atoms with Crippen LogP contribution in [0.4, 0.5) is 4.79 Å². The summed E-state index contributed by atoms with van der Waals surface area (Å²) in [5.41, 5.74) is 0. The van der Waals surface area contributed by atoms with Crippen LogP contribution >= 0.6 is 0 Å². The molecule has 7 heteroatoms. The highest BCUT2D eigenvalue weighted by Crippen LogP contribution is 2.04. The maximum absolute atomic E-state index is 11.6. The van der Waals surface area contributed by atoms with Crippen LogP contribution in [0.25, 0.3) is 0 Å². The molecule has 0 bridgehead atoms. The molecule has 1 rings (SSSR count). The van der Waals surface area contributed by atoms with Gasteiger partial charge in [0.2, 0.25) is 5.91 Å². The molecule has 1 N–H and O–H groups in total. The number of nitrogens with zero attached hydrogens (tertiary/aromatic N) is 2. The minimum atomic E-state index is -0.854. The monoisotopic (exact) mass is 244 g/mol. The molecule has 0 aliphatic carbocycles. The Kier molecular flexibility index (Phi) is 4.89. The summed E-state index contributed by atoms with van der Waals surface area (Å²) < 4.78 is 4.65. The van der Waals surface area contributed by atoms with E-state index in [0.717, 1.165) is 4.90 Å². The standard InChI is InChI=1S/C10H16N2O5/c1-11(4-2-3-9(14)15)7-8(13)12-5-6-17-10(12)16/h2-7H2,1H3,(H,14,15). The summed E-state index contributed by atoms with van der Waals surface area (Å²) in [5, 5.41) is 8.46. The molecule has 0 aromatic rings. The van der Waals surface area contributed by atoms with E-state index in [1.54, 1.807) is 11.9 Å². The largest absolute Gasteiger partial charge is 0.481 e. The first-order valence-electron chi connectivity index (χ1n) is 5.38. The number of imide groups is 1. The van der Waals surface area contributed by atoms with Gasteiger partial charge in [0, 0.05) is 6.42 Å². The summed E-state index contributed by atoms with van der Waals surface area (Å²) in [7, 11) is 1.71. The summed E-state index contributed by atoms with van der Waals surface area (Å²) >= 11 is 0. The SMILES string of the molecule is CN(CCCC(=O)O)CC(=O)N1CCOC1=O. The number of ether oxygens (including phenoxy) is 1.